The Balaban J connectivity index is 2.25. The normalized spacial score (nSPS) is 14.1. The molecule has 0 fully saturated rings. The summed E-state index contributed by atoms with van der Waals surface area (Å²) in [5.74, 6) is -4.24. The molecule has 0 bridgehead atoms. The number of aromatic amines is 1. The second-order valence-electron chi connectivity index (χ2n) is 9.27. The maximum atomic E-state index is 13.2. The van der Waals surface area contributed by atoms with Gasteiger partial charge in [0, 0.05) is 31.2 Å². The van der Waals surface area contributed by atoms with Gasteiger partial charge in [0.2, 0.25) is 23.6 Å². The van der Waals surface area contributed by atoms with E-state index < -0.39 is 53.8 Å². The first-order chi connectivity index (χ1) is 18.0. The van der Waals surface area contributed by atoms with Crippen LogP contribution in [-0.4, -0.2) is 68.8 Å². The van der Waals surface area contributed by atoms with Gasteiger partial charge in [0.25, 0.3) is 0 Å². The molecule has 1 aromatic carbocycles. The van der Waals surface area contributed by atoms with E-state index in [2.05, 4.69) is 25.9 Å². The maximum Gasteiger partial charge on any atom is 0.326 e. The fourth-order valence-corrected chi connectivity index (χ4v) is 3.55. The summed E-state index contributed by atoms with van der Waals surface area (Å²) in [7, 11) is 0. The second-order valence-corrected chi connectivity index (χ2v) is 9.27. The van der Waals surface area contributed by atoms with Crippen molar-refractivity contribution < 1.29 is 29.1 Å². The fraction of sp³-hybridized carbons (Fsp3) is 0.440. The molecule has 4 atom stereocenters. The van der Waals surface area contributed by atoms with Crippen LogP contribution < -0.4 is 27.4 Å². The molecule has 13 nitrogen and oxygen atoms in total. The quantitative estimate of drug-likeness (QED) is 0.151. The first kappa shape index (κ1) is 30.0. The summed E-state index contributed by atoms with van der Waals surface area (Å²) in [5.41, 5.74) is 12.3. The Kier molecular flexibility index (Phi) is 11.4. The maximum absolute atomic E-state index is 13.2. The predicted molar refractivity (Wildman–Crippen MR) is 137 cm³/mol. The number of nitrogens with two attached hydrogens (primary N) is 2. The molecule has 4 amide bonds. The van der Waals surface area contributed by atoms with Gasteiger partial charge in [-0.25, -0.2) is 9.78 Å². The molecule has 9 N–H and O–H groups in total. The minimum absolute atomic E-state index is 0.0385. The number of primary amides is 1. The molecule has 0 radical (unpaired) electrons. The van der Waals surface area contributed by atoms with Gasteiger partial charge in [-0.2, -0.15) is 0 Å². The Bertz CT molecular complexity index is 1090. The van der Waals surface area contributed by atoms with Gasteiger partial charge in [-0.3, -0.25) is 19.2 Å². The van der Waals surface area contributed by atoms with E-state index in [0.29, 0.717) is 11.3 Å². The van der Waals surface area contributed by atoms with Gasteiger partial charge in [0.1, 0.15) is 18.1 Å². The molecular formula is C25H35N7O6. The Morgan fingerprint density at radius 3 is 2.08 bits per heavy atom. The van der Waals surface area contributed by atoms with E-state index in [1.54, 1.807) is 44.2 Å². The number of carbonyl (C=O) groups is 5. The number of carboxylic acid groups (broad SMARTS) is 1. The van der Waals surface area contributed by atoms with E-state index in [9.17, 15) is 29.1 Å². The van der Waals surface area contributed by atoms with Crippen molar-refractivity contribution in [2.24, 2.45) is 17.4 Å². The van der Waals surface area contributed by atoms with Gasteiger partial charge in [0.15, 0.2) is 0 Å². The number of H-pyrrole nitrogens is 1. The summed E-state index contributed by atoms with van der Waals surface area (Å²) >= 11 is 0. The third kappa shape index (κ3) is 9.65. The highest BCUT2D eigenvalue weighted by atomic mass is 16.4. The van der Waals surface area contributed by atoms with E-state index in [0.717, 1.165) is 0 Å². The molecule has 0 aliphatic rings. The number of benzene rings is 1. The van der Waals surface area contributed by atoms with Crippen LogP contribution in [0.1, 0.15) is 37.9 Å². The topological polar surface area (TPSA) is 222 Å². The lowest BCUT2D eigenvalue weighted by Gasteiger charge is -2.25. The molecule has 2 rings (SSSR count). The van der Waals surface area contributed by atoms with Crippen molar-refractivity contribution >= 4 is 29.6 Å². The van der Waals surface area contributed by atoms with Crippen molar-refractivity contribution in [2.45, 2.75) is 63.7 Å². The Labute approximate surface area is 220 Å². The third-order valence-electron chi connectivity index (χ3n) is 5.84. The van der Waals surface area contributed by atoms with Crippen molar-refractivity contribution in [3.63, 3.8) is 0 Å². The summed E-state index contributed by atoms with van der Waals surface area (Å²) in [5, 5.41) is 17.2. The highest BCUT2D eigenvalue weighted by molar-refractivity contribution is 5.94. The third-order valence-corrected chi connectivity index (χ3v) is 5.84. The summed E-state index contributed by atoms with van der Waals surface area (Å²) in [6.45, 7) is 3.48. The predicted octanol–water partition coefficient (Wildman–Crippen LogP) is -1.02. The molecule has 0 spiro atoms. The first-order valence-electron chi connectivity index (χ1n) is 12.2. The minimum Gasteiger partial charge on any atom is -0.480 e. The lowest BCUT2D eigenvalue weighted by atomic mass is 10.0. The van der Waals surface area contributed by atoms with Crippen molar-refractivity contribution in [3.05, 3.63) is 54.1 Å². The molecule has 0 aliphatic carbocycles. The lowest BCUT2D eigenvalue weighted by Crippen LogP contribution is -2.58. The molecule has 38 heavy (non-hydrogen) atoms. The highest BCUT2D eigenvalue weighted by Crippen LogP contribution is 2.08. The SMILES string of the molecule is CC(C)C(N)C(=O)NC(CCC(N)=O)C(=O)NC(Cc1ccccc1)C(=O)NC(Cc1cnc[nH]1)C(=O)O. The number of aromatic nitrogens is 2. The molecule has 206 valence electrons. The van der Waals surface area contributed by atoms with Crippen LogP contribution in [-0.2, 0) is 36.8 Å². The zero-order valence-corrected chi connectivity index (χ0v) is 21.3. The van der Waals surface area contributed by atoms with E-state index in [-0.39, 0.29) is 31.6 Å². The van der Waals surface area contributed by atoms with Crippen LogP contribution in [0.3, 0.4) is 0 Å². The van der Waals surface area contributed by atoms with Gasteiger partial charge in [0.05, 0.1) is 12.4 Å². The highest BCUT2D eigenvalue weighted by Gasteiger charge is 2.31. The number of carboxylic acids is 1. The Morgan fingerprint density at radius 2 is 1.53 bits per heavy atom. The second kappa shape index (κ2) is 14.5. The van der Waals surface area contributed by atoms with Gasteiger partial charge in [-0.15, -0.1) is 0 Å². The van der Waals surface area contributed by atoms with Crippen molar-refractivity contribution in [2.75, 3.05) is 0 Å². The van der Waals surface area contributed by atoms with Crippen LogP contribution >= 0.6 is 0 Å². The Morgan fingerprint density at radius 1 is 0.921 bits per heavy atom. The standard InChI is InChI=1S/C25H35N7O6/c1-14(2)21(27)24(36)30-17(8-9-20(26)33)22(34)31-18(10-15-6-4-3-5-7-15)23(35)32-19(25(37)38)11-16-12-28-13-29-16/h3-7,12-14,17-19,21H,8-11,27H2,1-2H3,(H2,26,33)(H,28,29)(H,30,36)(H,31,34)(H,32,35)(H,37,38). The number of hydrogen-bond acceptors (Lipinski definition) is 7. The zero-order valence-electron chi connectivity index (χ0n) is 21.3. The van der Waals surface area contributed by atoms with Crippen molar-refractivity contribution in [1.82, 2.24) is 25.9 Å². The number of aliphatic carboxylic acids is 1. The van der Waals surface area contributed by atoms with E-state index in [1.165, 1.54) is 12.5 Å². The van der Waals surface area contributed by atoms with E-state index in [1.807, 2.05) is 0 Å². The van der Waals surface area contributed by atoms with Gasteiger partial charge >= 0.3 is 5.97 Å². The molecule has 1 aromatic heterocycles. The van der Waals surface area contributed by atoms with E-state index >= 15 is 0 Å². The summed E-state index contributed by atoms with van der Waals surface area (Å²) in [4.78, 5) is 68.8. The average molecular weight is 530 g/mol. The summed E-state index contributed by atoms with van der Waals surface area (Å²) in [6, 6.07) is 4.20. The van der Waals surface area contributed by atoms with Crippen LogP contribution in [0.2, 0.25) is 0 Å². The fourth-order valence-electron chi connectivity index (χ4n) is 3.55. The number of nitrogens with one attached hydrogen (secondary N) is 4. The largest absolute Gasteiger partial charge is 0.480 e. The van der Waals surface area contributed by atoms with Crippen LogP contribution in [0.25, 0.3) is 0 Å². The molecule has 13 heteroatoms. The van der Waals surface area contributed by atoms with Crippen LogP contribution in [0, 0.1) is 5.92 Å². The first-order valence-corrected chi connectivity index (χ1v) is 12.2. The zero-order chi connectivity index (χ0) is 28.2. The smallest absolute Gasteiger partial charge is 0.326 e. The molecule has 2 aromatic rings. The van der Waals surface area contributed by atoms with Crippen LogP contribution in [0.5, 0.6) is 0 Å². The van der Waals surface area contributed by atoms with Gasteiger partial charge < -0.3 is 37.5 Å². The van der Waals surface area contributed by atoms with Crippen LogP contribution in [0.15, 0.2) is 42.9 Å². The Hall–Kier alpha value is -4.26. The van der Waals surface area contributed by atoms with Gasteiger partial charge in [-0.1, -0.05) is 44.2 Å². The lowest BCUT2D eigenvalue weighted by molar-refractivity contribution is -0.142. The summed E-state index contributed by atoms with van der Waals surface area (Å²) < 4.78 is 0. The van der Waals surface area contributed by atoms with E-state index in [4.69, 9.17) is 11.5 Å². The average Bonchev–Trinajstić information content (AvgIpc) is 3.38. The molecule has 1 heterocycles. The van der Waals surface area contributed by atoms with Crippen molar-refractivity contribution in [3.8, 4) is 0 Å². The molecular weight excluding hydrogens is 494 g/mol. The minimum atomic E-state index is -1.30. The van der Waals surface area contributed by atoms with Gasteiger partial charge in [-0.05, 0) is 17.9 Å². The molecule has 0 saturated heterocycles. The number of amides is 4. The van der Waals surface area contributed by atoms with Crippen LogP contribution in [0.4, 0.5) is 0 Å². The summed E-state index contributed by atoms with van der Waals surface area (Å²) in [6.07, 6.45) is 2.50. The molecule has 4 unspecified atom stereocenters. The molecule has 0 aliphatic heterocycles. The number of nitrogens with zero attached hydrogens (tertiary/aromatic N) is 1. The van der Waals surface area contributed by atoms with Crippen molar-refractivity contribution in [1.29, 1.82) is 0 Å². The number of carbonyl (C=O) groups excluding carboxylic acids is 4. The number of imidazole rings is 1. The number of hydrogen-bond donors (Lipinski definition) is 7. The number of rotatable bonds is 15. The molecule has 0 saturated carbocycles. The monoisotopic (exact) mass is 529 g/mol.